The molecule has 0 saturated carbocycles. The molecule has 0 unspecified atom stereocenters. The predicted molar refractivity (Wildman–Crippen MR) is 94.2 cm³/mol. The van der Waals surface area contributed by atoms with Crippen LogP contribution >= 0.6 is 0 Å². The number of nitrogens with one attached hydrogen (secondary N) is 2. The molecule has 25 heavy (non-hydrogen) atoms. The fraction of sp³-hybridized carbons (Fsp3) is 0.278. The van der Waals surface area contributed by atoms with Crippen LogP contribution in [0, 0.1) is 0 Å². The first-order valence-electron chi connectivity index (χ1n) is 8.29. The largest absolute Gasteiger partial charge is 0.482 e. The summed E-state index contributed by atoms with van der Waals surface area (Å²) < 4.78 is 5.37. The molecule has 4 rings (SSSR count). The van der Waals surface area contributed by atoms with E-state index in [4.69, 9.17) is 4.74 Å². The van der Waals surface area contributed by atoms with Gasteiger partial charge in [-0.1, -0.05) is 0 Å². The highest BCUT2D eigenvalue weighted by atomic mass is 16.5. The van der Waals surface area contributed by atoms with Gasteiger partial charge in [-0.2, -0.15) is 0 Å². The Hall–Kier alpha value is -3.09. The first-order chi connectivity index (χ1) is 12.2. The van der Waals surface area contributed by atoms with Gasteiger partial charge in [0.05, 0.1) is 11.4 Å². The number of hydrogen-bond donors (Lipinski definition) is 2. The molecule has 7 heteroatoms. The number of rotatable bonds is 3. The molecule has 2 amide bonds. The van der Waals surface area contributed by atoms with Crippen LogP contribution in [-0.4, -0.2) is 36.5 Å². The summed E-state index contributed by atoms with van der Waals surface area (Å²) in [7, 11) is 0. The molecule has 2 N–H and O–H groups in total. The Morgan fingerprint density at radius 3 is 2.92 bits per heavy atom. The molecule has 0 bridgehead atoms. The molecule has 1 aromatic carbocycles. The highest BCUT2D eigenvalue weighted by Crippen LogP contribution is 2.30. The van der Waals surface area contributed by atoms with Crippen LogP contribution in [0.1, 0.15) is 23.2 Å². The van der Waals surface area contributed by atoms with Gasteiger partial charge in [0, 0.05) is 24.8 Å². The van der Waals surface area contributed by atoms with Crippen LogP contribution in [0.3, 0.4) is 0 Å². The summed E-state index contributed by atoms with van der Waals surface area (Å²) in [6.45, 7) is 1.86. The maximum Gasteiger partial charge on any atom is 0.262 e. The van der Waals surface area contributed by atoms with Crippen molar-refractivity contribution in [3.8, 4) is 5.75 Å². The SMILES string of the molecule is O=C1COc2cc(C(=O)Nc3cccnc3N3CCCC3)ccc2N1. The van der Waals surface area contributed by atoms with Gasteiger partial charge in [0.15, 0.2) is 12.4 Å². The van der Waals surface area contributed by atoms with E-state index >= 15 is 0 Å². The van der Waals surface area contributed by atoms with Crippen molar-refractivity contribution < 1.29 is 14.3 Å². The Morgan fingerprint density at radius 2 is 2.08 bits per heavy atom. The molecule has 2 aliphatic heterocycles. The lowest BCUT2D eigenvalue weighted by Gasteiger charge is -2.20. The van der Waals surface area contributed by atoms with Crippen LogP contribution in [0.25, 0.3) is 0 Å². The molecule has 0 radical (unpaired) electrons. The second-order valence-electron chi connectivity index (χ2n) is 6.07. The number of anilines is 3. The minimum Gasteiger partial charge on any atom is -0.482 e. The van der Waals surface area contributed by atoms with Gasteiger partial charge in [-0.25, -0.2) is 4.98 Å². The van der Waals surface area contributed by atoms with Crippen molar-refractivity contribution in [1.82, 2.24) is 4.98 Å². The van der Waals surface area contributed by atoms with E-state index in [1.165, 1.54) is 0 Å². The fourth-order valence-electron chi connectivity index (χ4n) is 3.09. The summed E-state index contributed by atoms with van der Waals surface area (Å²) in [5, 5.41) is 5.64. The quantitative estimate of drug-likeness (QED) is 0.897. The molecule has 1 saturated heterocycles. The van der Waals surface area contributed by atoms with Crippen molar-refractivity contribution in [2.75, 3.05) is 35.2 Å². The maximum atomic E-state index is 12.6. The van der Waals surface area contributed by atoms with E-state index in [0.717, 1.165) is 31.7 Å². The smallest absolute Gasteiger partial charge is 0.262 e. The van der Waals surface area contributed by atoms with E-state index in [1.807, 2.05) is 6.07 Å². The standard InChI is InChI=1S/C18H18N4O3/c23-16-11-25-15-10-12(5-6-13(15)20-16)18(24)21-14-4-3-7-19-17(14)22-8-1-2-9-22/h3-7,10H,1-2,8-9,11H2,(H,20,23)(H,21,24). The summed E-state index contributed by atoms with van der Waals surface area (Å²) in [6, 6.07) is 8.63. The molecule has 2 aliphatic rings. The Labute approximate surface area is 145 Å². The first-order valence-corrected chi connectivity index (χ1v) is 8.29. The summed E-state index contributed by atoms with van der Waals surface area (Å²) in [4.78, 5) is 30.6. The molecule has 3 heterocycles. The highest BCUT2D eigenvalue weighted by Gasteiger charge is 2.20. The maximum absolute atomic E-state index is 12.6. The van der Waals surface area contributed by atoms with Gasteiger partial charge in [-0.15, -0.1) is 0 Å². The Morgan fingerprint density at radius 1 is 1.24 bits per heavy atom. The van der Waals surface area contributed by atoms with Crippen molar-refractivity contribution in [3.63, 3.8) is 0 Å². The number of benzene rings is 1. The second kappa shape index (κ2) is 6.43. The molecule has 1 fully saturated rings. The lowest BCUT2D eigenvalue weighted by atomic mass is 10.1. The molecule has 128 valence electrons. The number of carbonyl (C=O) groups excluding carboxylic acids is 2. The number of aromatic nitrogens is 1. The number of amides is 2. The van der Waals surface area contributed by atoms with Crippen molar-refractivity contribution >= 4 is 29.0 Å². The third-order valence-corrected chi connectivity index (χ3v) is 4.32. The summed E-state index contributed by atoms with van der Waals surface area (Å²) in [5.41, 5.74) is 1.74. The topological polar surface area (TPSA) is 83.6 Å². The third kappa shape index (κ3) is 3.13. The van der Waals surface area contributed by atoms with Crippen LogP contribution in [0.4, 0.5) is 17.2 Å². The molecular weight excluding hydrogens is 320 g/mol. The van der Waals surface area contributed by atoms with Crippen molar-refractivity contribution in [1.29, 1.82) is 0 Å². The van der Waals surface area contributed by atoms with Crippen molar-refractivity contribution in [3.05, 3.63) is 42.1 Å². The molecular formula is C18H18N4O3. The summed E-state index contributed by atoms with van der Waals surface area (Å²) >= 11 is 0. The van der Waals surface area contributed by atoms with Crippen LogP contribution in [0.2, 0.25) is 0 Å². The summed E-state index contributed by atoms with van der Waals surface area (Å²) in [6.07, 6.45) is 4.01. The number of ether oxygens (including phenoxy) is 1. The van der Waals surface area contributed by atoms with Crippen molar-refractivity contribution in [2.24, 2.45) is 0 Å². The summed E-state index contributed by atoms with van der Waals surface area (Å²) in [5.74, 6) is 0.861. The molecule has 0 spiro atoms. The van der Waals surface area contributed by atoms with E-state index in [2.05, 4.69) is 20.5 Å². The first kappa shape index (κ1) is 15.4. The number of hydrogen-bond acceptors (Lipinski definition) is 5. The van der Waals surface area contributed by atoms with Crippen LogP contribution in [0.5, 0.6) is 5.75 Å². The van der Waals surface area contributed by atoms with Gasteiger partial charge < -0.3 is 20.3 Å². The monoisotopic (exact) mass is 338 g/mol. The zero-order valence-electron chi connectivity index (χ0n) is 13.6. The lowest BCUT2D eigenvalue weighted by Crippen LogP contribution is -2.26. The number of fused-ring (bicyclic) bond motifs is 1. The molecule has 7 nitrogen and oxygen atoms in total. The Kier molecular flexibility index (Phi) is 3.97. The molecule has 0 aliphatic carbocycles. The van der Waals surface area contributed by atoms with E-state index < -0.39 is 0 Å². The average Bonchev–Trinajstić information content (AvgIpc) is 3.16. The minimum atomic E-state index is -0.239. The van der Waals surface area contributed by atoms with Gasteiger partial charge >= 0.3 is 0 Å². The lowest BCUT2D eigenvalue weighted by molar-refractivity contribution is -0.118. The van der Waals surface area contributed by atoms with E-state index in [1.54, 1.807) is 30.5 Å². The van der Waals surface area contributed by atoms with Crippen LogP contribution in [0.15, 0.2) is 36.5 Å². The normalized spacial score (nSPS) is 16.0. The average molecular weight is 338 g/mol. The van der Waals surface area contributed by atoms with Gasteiger partial charge in [0.1, 0.15) is 5.75 Å². The van der Waals surface area contributed by atoms with E-state index in [9.17, 15) is 9.59 Å². The van der Waals surface area contributed by atoms with Crippen LogP contribution in [-0.2, 0) is 4.79 Å². The zero-order chi connectivity index (χ0) is 17.2. The number of pyridine rings is 1. The van der Waals surface area contributed by atoms with Gasteiger partial charge in [0.25, 0.3) is 11.8 Å². The Balaban J connectivity index is 1.56. The molecule has 0 atom stereocenters. The molecule has 2 aromatic rings. The van der Waals surface area contributed by atoms with E-state index in [-0.39, 0.29) is 18.4 Å². The van der Waals surface area contributed by atoms with Crippen molar-refractivity contribution in [2.45, 2.75) is 12.8 Å². The van der Waals surface area contributed by atoms with E-state index in [0.29, 0.717) is 22.7 Å². The van der Waals surface area contributed by atoms with Gasteiger partial charge in [-0.05, 0) is 43.2 Å². The highest BCUT2D eigenvalue weighted by molar-refractivity contribution is 6.06. The van der Waals surface area contributed by atoms with Gasteiger partial charge in [-0.3, -0.25) is 9.59 Å². The number of nitrogens with zero attached hydrogens (tertiary/aromatic N) is 2. The minimum absolute atomic E-state index is 0.0419. The third-order valence-electron chi connectivity index (χ3n) is 4.32. The second-order valence-corrected chi connectivity index (χ2v) is 6.07. The zero-order valence-corrected chi connectivity index (χ0v) is 13.6. The fourth-order valence-corrected chi connectivity index (χ4v) is 3.09. The predicted octanol–water partition coefficient (Wildman–Crippen LogP) is 2.26. The van der Waals surface area contributed by atoms with Crippen LogP contribution < -0.4 is 20.3 Å². The van der Waals surface area contributed by atoms with Gasteiger partial charge in [0.2, 0.25) is 0 Å². The number of carbonyl (C=O) groups is 2. The molecule has 1 aromatic heterocycles. The Bertz CT molecular complexity index is 831.